The first kappa shape index (κ1) is 11.5. The molecule has 0 atom stereocenters. The van der Waals surface area contributed by atoms with Gasteiger partial charge in [0.2, 0.25) is 5.16 Å². The molecule has 0 bridgehead atoms. The van der Waals surface area contributed by atoms with Gasteiger partial charge >= 0.3 is 0 Å². The first-order valence-electron chi connectivity index (χ1n) is 4.74. The molecule has 0 aliphatic carbocycles. The van der Waals surface area contributed by atoms with E-state index >= 15 is 0 Å². The molecule has 1 aromatic heterocycles. The lowest BCUT2D eigenvalue weighted by Gasteiger charge is -2.02. The van der Waals surface area contributed by atoms with Crippen LogP contribution in [0.15, 0.2) is 23.4 Å². The first-order valence-corrected chi connectivity index (χ1v) is 5.73. The third-order valence-electron chi connectivity index (χ3n) is 2.11. The fraction of sp³-hybridized carbons (Fsp3) is 0.200. The molecule has 0 radical (unpaired) electrons. The Morgan fingerprint density at radius 2 is 2.35 bits per heavy atom. The predicted molar refractivity (Wildman–Crippen MR) is 59.5 cm³/mol. The first-order chi connectivity index (χ1) is 8.20. The predicted octanol–water partition coefficient (Wildman–Crippen LogP) is 1.51. The van der Waals surface area contributed by atoms with Gasteiger partial charge in [0, 0.05) is 12.8 Å². The van der Waals surface area contributed by atoms with Gasteiger partial charge in [-0.1, -0.05) is 11.8 Å². The standard InChI is InChI=1S/C10H8FN5S/c1-16-10(13-14-15-16)17-6-8-4-7(5-12)2-3-9(8)11/h2-4H,6H2,1H3. The van der Waals surface area contributed by atoms with Crippen molar-refractivity contribution in [3.63, 3.8) is 0 Å². The highest BCUT2D eigenvalue weighted by atomic mass is 32.2. The van der Waals surface area contributed by atoms with Gasteiger partial charge in [-0.25, -0.2) is 9.07 Å². The van der Waals surface area contributed by atoms with Crippen molar-refractivity contribution < 1.29 is 4.39 Å². The second kappa shape index (κ2) is 4.93. The Balaban J connectivity index is 2.14. The zero-order valence-corrected chi connectivity index (χ0v) is 9.78. The van der Waals surface area contributed by atoms with Gasteiger partial charge in [0.25, 0.3) is 0 Å². The number of halogens is 1. The fourth-order valence-corrected chi connectivity index (χ4v) is 2.06. The smallest absolute Gasteiger partial charge is 0.209 e. The Morgan fingerprint density at radius 1 is 1.53 bits per heavy atom. The number of nitriles is 1. The summed E-state index contributed by atoms with van der Waals surface area (Å²) in [5, 5.41) is 20.3. The summed E-state index contributed by atoms with van der Waals surface area (Å²) in [7, 11) is 1.71. The van der Waals surface area contributed by atoms with Crippen LogP contribution in [0.3, 0.4) is 0 Å². The highest BCUT2D eigenvalue weighted by molar-refractivity contribution is 7.98. The maximum atomic E-state index is 13.5. The zero-order valence-electron chi connectivity index (χ0n) is 8.96. The Labute approximate surface area is 101 Å². The van der Waals surface area contributed by atoms with E-state index in [1.54, 1.807) is 7.05 Å². The summed E-state index contributed by atoms with van der Waals surface area (Å²) in [5.74, 6) is 0.0573. The summed E-state index contributed by atoms with van der Waals surface area (Å²) >= 11 is 1.32. The SMILES string of the molecule is Cn1nnnc1SCc1cc(C#N)ccc1F. The molecule has 0 aliphatic heterocycles. The van der Waals surface area contributed by atoms with Crippen molar-refractivity contribution in [1.29, 1.82) is 5.26 Å². The zero-order chi connectivity index (χ0) is 12.3. The number of aryl methyl sites for hydroxylation is 1. The van der Waals surface area contributed by atoms with Crippen molar-refractivity contribution in [3.8, 4) is 6.07 Å². The van der Waals surface area contributed by atoms with Crippen molar-refractivity contribution >= 4 is 11.8 Å². The molecule has 0 fully saturated rings. The second-order valence-electron chi connectivity index (χ2n) is 3.29. The second-order valence-corrected chi connectivity index (χ2v) is 4.23. The van der Waals surface area contributed by atoms with Crippen LogP contribution >= 0.6 is 11.8 Å². The molecule has 0 aliphatic rings. The van der Waals surface area contributed by atoms with Gasteiger partial charge in [0.05, 0.1) is 11.6 Å². The van der Waals surface area contributed by atoms with Crippen LogP contribution in [0.25, 0.3) is 0 Å². The topological polar surface area (TPSA) is 67.4 Å². The quantitative estimate of drug-likeness (QED) is 0.771. The molecule has 17 heavy (non-hydrogen) atoms. The van der Waals surface area contributed by atoms with Gasteiger partial charge in [-0.05, 0) is 34.2 Å². The molecule has 86 valence electrons. The van der Waals surface area contributed by atoms with E-state index in [1.165, 1.54) is 34.6 Å². The monoisotopic (exact) mass is 249 g/mol. The highest BCUT2D eigenvalue weighted by Crippen LogP contribution is 2.21. The molecular formula is C10H8FN5S. The van der Waals surface area contributed by atoms with E-state index < -0.39 is 0 Å². The number of thioether (sulfide) groups is 1. The van der Waals surface area contributed by atoms with Crippen LogP contribution in [-0.4, -0.2) is 20.2 Å². The van der Waals surface area contributed by atoms with Crippen LogP contribution < -0.4 is 0 Å². The maximum absolute atomic E-state index is 13.5. The van der Waals surface area contributed by atoms with E-state index in [1.807, 2.05) is 6.07 Å². The van der Waals surface area contributed by atoms with E-state index in [0.717, 1.165) is 0 Å². The van der Waals surface area contributed by atoms with Gasteiger partial charge in [0.1, 0.15) is 5.82 Å². The number of hydrogen-bond donors (Lipinski definition) is 0. The molecular weight excluding hydrogens is 241 g/mol. The van der Waals surface area contributed by atoms with Crippen LogP contribution in [0.4, 0.5) is 4.39 Å². The Morgan fingerprint density at radius 3 is 3.00 bits per heavy atom. The molecule has 5 nitrogen and oxygen atoms in total. The summed E-state index contributed by atoms with van der Waals surface area (Å²) in [6, 6.07) is 6.26. The van der Waals surface area contributed by atoms with Crippen molar-refractivity contribution in [1.82, 2.24) is 20.2 Å². The lowest BCUT2D eigenvalue weighted by molar-refractivity contribution is 0.616. The highest BCUT2D eigenvalue weighted by Gasteiger charge is 2.07. The van der Waals surface area contributed by atoms with Crippen molar-refractivity contribution in [3.05, 3.63) is 35.1 Å². The average molecular weight is 249 g/mol. The molecule has 7 heteroatoms. The Kier molecular flexibility index (Phi) is 3.35. The molecule has 0 saturated carbocycles. The van der Waals surface area contributed by atoms with Gasteiger partial charge in [-0.3, -0.25) is 0 Å². The van der Waals surface area contributed by atoms with Crippen molar-refractivity contribution in [2.45, 2.75) is 10.9 Å². The molecule has 1 aromatic carbocycles. The molecule has 2 aromatic rings. The van der Waals surface area contributed by atoms with E-state index in [4.69, 9.17) is 5.26 Å². The lowest BCUT2D eigenvalue weighted by atomic mass is 10.1. The third-order valence-corrected chi connectivity index (χ3v) is 3.17. The van der Waals surface area contributed by atoms with Gasteiger partial charge in [-0.2, -0.15) is 5.26 Å². The average Bonchev–Trinajstić information content (AvgIpc) is 2.74. The summed E-state index contributed by atoms with van der Waals surface area (Å²) in [4.78, 5) is 0. The Bertz CT molecular complexity index is 574. The summed E-state index contributed by atoms with van der Waals surface area (Å²) in [5.41, 5.74) is 0.912. The number of hydrogen-bond acceptors (Lipinski definition) is 5. The summed E-state index contributed by atoms with van der Waals surface area (Å²) in [6.07, 6.45) is 0. The minimum atomic E-state index is -0.327. The molecule has 0 saturated heterocycles. The van der Waals surface area contributed by atoms with E-state index in [9.17, 15) is 4.39 Å². The summed E-state index contributed by atoms with van der Waals surface area (Å²) in [6.45, 7) is 0. The number of benzene rings is 1. The van der Waals surface area contributed by atoms with E-state index in [2.05, 4.69) is 15.5 Å². The molecule has 0 amide bonds. The van der Waals surface area contributed by atoms with Crippen LogP contribution in [0, 0.1) is 17.1 Å². The van der Waals surface area contributed by atoms with Crippen molar-refractivity contribution in [2.75, 3.05) is 0 Å². The van der Waals surface area contributed by atoms with Crippen LogP contribution in [0.5, 0.6) is 0 Å². The fourth-order valence-electron chi connectivity index (χ4n) is 1.24. The van der Waals surface area contributed by atoms with Gasteiger partial charge in [0.15, 0.2) is 0 Å². The van der Waals surface area contributed by atoms with Crippen molar-refractivity contribution in [2.24, 2.45) is 7.05 Å². The van der Waals surface area contributed by atoms with E-state index in [-0.39, 0.29) is 5.82 Å². The normalized spacial score (nSPS) is 10.2. The molecule has 1 heterocycles. The minimum absolute atomic E-state index is 0.327. The summed E-state index contributed by atoms with van der Waals surface area (Å²) < 4.78 is 15.0. The van der Waals surface area contributed by atoms with Crippen LogP contribution in [0.2, 0.25) is 0 Å². The Hall–Kier alpha value is -1.94. The van der Waals surface area contributed by atoms with E-state index in [0.29, 0.717) is 22.0 Å². The lowest BCUT2D eigenvalue weighted by Crippen LogP contribution is -1.95. The third kappa shape index (κ3) is 2.60. The number of rotatable bonds is 3. The number of aromatic nitrogens is 4. The molecule has 0 N–H and O–H groups in total. The molecule has 0 spiro atoms. The maximum Gasteiger partial charge on any atom is 0.209 e. The van der Waals surface area contributed by atoms with Gasteiger partial charge in [-0.15, -0.1) is 5.10 Å². The number of tetrazole rings is 1. The molecule has 0 unspecified atom stereocenters. The largest absolute Gasteiger partial charge is 0.224 e. The van der Waals surface area contributed by atoms with Crippen LogP contribution in [0.1, 0.15) is 11.1 Å². The minimum Gasteiger partial charge on any atom is -0.224 e. The van der Waals surface area contributed by atoms with Crippen LogP contribution in [-0.2, 0) is 12.8 Å². The molecule has 2 rings (SSSR count). The van der Waals surface area contributed by atoms with Gasteiger partial charge < -0.3 is 0 Å². The number of nitrogens with zero attached hydrogens (tertiary/aromatic N) is 5.